The molecule has 1 aromatic carbocycles. The smallest absolute Gasteiger partial charge is 0.258 e. The van der Waals surface area contributed by atoms with Gasteiger partial charge in [0.15, 0.2) is 4.77 Å². The highest BCUT2D eigenvalue weighted by Gasteiger charge is 2.22. The van der Waals surface area contributed by atoms with Crippen molar-refractivity contribution in [2.45, 2.75) is 19.9 Å². The molecule has 2 N–H and O–H groups in total. The van der Waals surface area contributed by atoms with Crippen LogP contribution in [0, 0.1) is 11.7 Å². The quantitative estimate of drug-likeness (QED) is 0.682. The van der Waals surface area contributed by atoms with Gasteiger partial charge in [0, 0.05) is 18.8 Å². The molecular weight excluding hydrogens is 358 g/mol. The number of nitrogens with zero attached hydrogens (tertiary/aromatic N) is 3. The van der Waals surface area contributed by atoms with E-state index in [0.29, 0.717) is 29.4 Å². The first-order valence-electron chi connectivity index (χ1n) is 8.94. The van der Waals surface area contributed by atoms with E-state index in [4.69, 9.17) is 12.2 Å². The van der Waals surface area contributed by atoms with Gasteiger partial charge >= 0.3 is 0 Å². The number of benzene rings is 1. The van der Waals surface area contributed by atoms with E-state index in [1.165, 1.54) is 5.56 Å². The van der Waals surface area contributed by atoms with Crippen LogP contribution in [0.25, 0.3) is 5.82 Å². The fraction of sp³-hybridized carbons (Fsp3) is 0.250. The van der Waals surface area contributed by atoms with Gasteiger partial charge < -0.3 is 5.32 Å². The zero-order valence-electron chi connectivity index (χ0n) is 15.1. The van der Waals surface area contributed by atoms with Crippen molar-refractivity contribution in [3.63, 3.8) is 0 Å². The first kappa shape index (κ1) is 17.6. The number of nitrogens with one attached hydrogen (secondary N) is 2. The molecule has 0 spiro atoms. The number of fused-ring (bicyclic) bond motifs is 1. The van der Waals surface area contributed by atoms with Crippen LogP contribution in [-0.2, 0) is 13.0 Å². The molecule has 0 saturated heterocycles. The monoisotopic (exact) mass is 379 g/mol. The van der Waals surface area contributed by atoms with Crippen molar-refractivity contribution in [2.24, 2.45) is 0 Å². The Labute approximate surface area is 162 Å². The van der Waals surface area contributed by atoms with Crippen LogP contribution in [0.1, 0.15) is 16.8 Å². The number of hydrogen-bond acceptors (Lipinski definition) is 5. The Morgan fingerprint density at radius 1 is 1.15 bits per heavy atom. The van der Waals surface area contributed by atoms with Gasteiger partial charge in [-0.05, 0) is 43.3 Å². The van der Waals surface area contributed by atoms with E-state index in [0.717, 1.165) is 24.5 Å². The van der Waals surface area contributed by atoms with Crippen LogP contribution < -0.4 is 10.9 Å². The third-order valence-corrected chi connectivity index (χ3v) is 5.01. The Morgan fingerprint density at radius 2 is 1.96 bits per heavy atom. The fourth-order valence-corrected chi connectivity index (χ4v) is 3.61. The van der Waals surface area contributed by atoms with Crippen molar-refractivity contribution in [3.8, 4) is 5.82 Å². The molecule has 0 unspecified atom stereocenters. The third-order valence-electron chi connectivity index (χ3n) is 4.72. The summed E-state index contributed by atoms with van der Waals surface area (Å²) in [6.45, 7) is 4.04. The number of aromatic amines is 1. The molecule has 27 heavy (non-hydrogen) atoms. The average Bonchev–Trinajstić information content (AvgIpc) is 2.67. The predicted molar refractivity (Wildman–Crippen MR) is 109 cm³/mol. The van der Waals surface area contributed by atoms with Gasteiger partial charge in [-0.2, -0.15) is 0 Å². The highest BCUT2D eigenvalue weighted by molar-refractivity contribution is 7.71. The van der Waals surface area contributed by atoms with Crippen LogP contribution >= 0.6 is 12.2 Å². The molecule has 138 valence electrons. The lowest BCUT2D eigenvalue weighted by atomic mass is 10.1. The van der Waals surface area contributed by atoms with Gasteiger partial charge in [0.2, 0.25) is 0 Å². The molecule has 4 rings (SSSR count). The van der Waals surface area contributed by atoms with Crippen LogP contribution in [0.2, 0.25) is 0 Å². The summed E-state index contributed by atoms with van der Waals surface area (Å²) in [4.78, 5) is 22.1. The predicted octanol–water partition coefficient (Wildman–Crippen LogP) is 3.03. The van der Waals surface area contributed by atoms with Gasteiger partial charge in [0.25, 0.3) is 5.56 Å². The normalized spacial score (nSPS) is 13.8. The zero-order chi connectivity index (χ0) is 18.8. The largest absolute Gasteiger partial charge is 0.358 e. The summed E-state index contributed by atoms with van der Waals surface area (Å²) in [6.07, 6.45) is 0.939. The molecule has 6 nitrogen and oxygen atoms in total. The van der Waals surface area contributed by atoms with Crippen molar-refractivity contribution in [1.82, 2.24) is 19.4 Å². The molecule has 0 bridgehead atoms. The van der Waals surface area contributed by atoms with E-state index in [2.05, 4.69) is 32.3 Å². The Hall–Kier alpha value is -2.77. The summed E-state index contributed by atoms with van der Waals surface area (Å²) in [7, 11) is 0. The lowest BCUT2D eigenvalue weighted by Gasteiger charge is -2.31. The molecule has 1 aliphatic rings. The minimum atomic E-state index is -0.143. The van der Waals surface area contributed by atoms with Gasteiger partial charge in [-0.25, -0.2) is 4.98 Å². The second-order valence-corrected chi connectivity index (χ2v) is 7.07. The molecule has 0 radical (unpaired) electrons. The number of rotatable bonds is 4. The standard InChI is InChI=1S/C20H21N5OS/c1-14-6-5-9-17(22-14)25-18-16(19(26)23-20(25)27)12-24(13-21-18)11-10-15-7-3-2-4-8-15/h2-9,21H,10-13H2,1H3,(H,23,26,27). The Morgan fingerprint density at radius 3 is 2.74 bits per heavy atom. The summed E-state index contributed by atoms with van der Waals surface area (Å²) < 4.78 is 2.16. The molecule has 0 fully saturated rings. The summed E-state index contributed by atoms with van der Waals surface area (Å²) in [5.74, 6) is 1.44. The van der Waals surface area contributed by atoms with E-state index in [-0.39, 0.29) is 5.56 Å². The number of aryl methyl sites for hydroxylation is 1. The van der Waals surface area contributed by atoms with Crippen molar-refractivity contribution in [3.05, 3.63) is 80.5 Å². The van der Waals surface area contributed by atoms with Crippen LogP contribution in [-0.4, -0.2) is 32.6 Å². The molecule has 7 heteroatoms. The van der Waals surface area contributed by atoms with Gasteiger partial charge in [-0.1, -0.05) is 36.4 Å². The summed E-state index contributed by atoms with van der Waals surface area (Å²) >= 11 is 5.41. The van der Waals surface area contributed by atoms with Gasteiger partial charge in [-0.3, -0.25) is 19.2 Å². The van der Waals surface area contributed by atoms with E-state index in [1.807, 2.05) is 47.9 Å². The van der Waals surface area contributed by atoms with Crippen molar-refractivity contribution in [1.29, 1.82) is 0 Å². The maximum atomic E-state index is 12.5. The van der Waals surface area contributed by atoms with Gasteiger partial charge in [0.1, 0.15) is 11.6 Å². The molecule has 0 amide bonds. The molecular formula is C20H21N5OS. The number of H-pyrrole nitrogens is 1. The van der Waals surface area contributed by atoms with Crippen LogP contribution in [0.5, 0.6) is 0 Å². The first-order valence-corrected chi connectivity index (χ1v) is 9.35. The molecule has 1 aliphatic heterocycles. The van der Waals surface area contributed by atoms with E-state index in [1.54, 1.807) is 0 Å². The van der Waals surface area contributed by atoms with E-state index < -0.39 is 0 Å². The number of aromatic nitrogens is 3. The molecule has 3 heterocycles. The van der Waals surface area contributed by atoms with Crippen molar-refractivity contribution < 1.29 is 0 Å². The maximum Gasteiger partial charge on any atom is 0.258 e. The zero-order valence-corrected chi connectivity index (χ0v) is 15.9. The minimum absolute atomic E-state index is 0.143. The van der Waals surface area contributed by atoms with Crippen LogP contribution in [0.15, 0.2) is 53.3 Å². The molecule has 0 aliphatic carbocycles. The van der Waals surface area contributed by atoms with Crippen molar-refractivity contribution in [2.75, 3.05) is 18.5 Å². The summed E-state index contributed by atoms with van der Waals surface area (Å²) in [6, 6.07) is 16.1. The lowest BCUT2D eigenvalue weighted by molar-refractivity contribution is 0.276. The lowest BCUT2D eigenvalue weighted by Crippen LogP contribution is -2.40. The molecule has 0 saturated carbocycles. The summed E-state index contributed by atoms with van der Waals surface area (Å²) in [5, 5.41) is 3.38. The molecule has 2 aromatic heterocycles. The topological polar surface area (TPSA) is 66.0 Å². The van der Waals surface area contributed by atoms with E-state index >= 15 is 0 Å². The Bertz CT molecular complexity index is 1070. The third kappa shape index (κ3) is 3.70. The van der Waals surface area contributed by atoms with Crippen LogP contribution in [0.3, 0.4) is 0 Å². The number of hydrogen-bond donors (Lipinski definition) is 2. The number of pyridine rings is 1. The van der Waals surface area contributed by atoms with Gasteiger partial charge in [-0.15, -0.1) is 0 Å². The van der Waals surface area contributed by atoms with Gasteiger partial charge in [0.05, 0.1) is 12.2 Å². The Balaban J connectivity index is 1.63. The first-order chi connectivity index (χ1) is 13.1. The molecule has 3 aromatic rings. The second-order valence-electron chi connectivity index (χ2n) is 6.68. The summed E-state index contributed by atoms with van der Waals surface area (Å²) in [5.41, 5.74) is 2.73. The highest BCUT2D eigenvalue weighted by Crippen LogP contribution is 2.22. The van der Waals surface area contributed by atoms with Crippen molar-refractivity contribution >= 4 is 18.0 Å². The minimum Gasteiger partial charge on any atom is -0.358 e. The second kappa shape index (κ2) is 7.46. The average molecular weight is 379 g/mol. The van der Waals surface area contributed by atoms with E-state index in [9.17, 15) is 4.79 Å². The fourth-order valence-electron chi connectivity index (χ4n) is 3.33. The molecule has 0 atom stereocenters. The Kier molecular flexibility index (Phi) is 4.87. The van der Waals surface area contributed by atoms with Crippen LogP contribution in [0.4, 0.5) is 5.82 Å². The SMILES string of the molecule is Cc1cccc(-n2c3c(c(=O)[nH]c2=S)CN(CCc2ccccc2)CN3)n1. The maximum absolute atomic E-state index is 12.5. The highest BCUT2D eigenvalue weighted by atomic mass is 32.1. The number of anilines is 1.